The number of piperidine rings is 1. The predicted octanol–water partition coefficient (Wildman–Crippen LogP) is 4.17. The van der Waals surface area contributed by atoms with E-state index < -0.39 is 5.91 Å². The Labute approximate surface area is 184 Å². The molecule has 1 aliphatic rings. The van der Waals surface area contributed by atoms with E-state index in [1.54, 1.807) is 41.3 Å². The van der Waals surface area contributed by atoms with Crippen LogP contribution < -0.4 is 5.32 Å². The second-order valence-corrected chi connectivity index (χ2v) is 7.75. The van der Waals surface area contributed by atoms with Crippen molar-refractivity contribution in [2.45, 2.75) is 19.3 Å². The van der Waals surface area contributed by atoms with Crippen LogP contribution in [0.3, 0.4) is 0 Å². The van der Waals surface area contributed by atoms with Gasteiger partial charge in [-0.2, -0.15) is 0 Å². The zero-order valence-corrected chi connectivity index (χ0v) is 17.5. The molecule has 1 aromatic heterocycles. The summed E-state index contributed by atoms with van der Waals surface area (Å²) in [6.45, 7) is 1.32. The molecule has 1 fully saturated rings. The van der Waals surface area contributed by atoms with Gasteiger partial charge in [0, 0.05) is 29.2 Å². The molecular weight excluding hydrogens is 416 g/mol. The van der Waals surface area contributed by atoms with Crippen molar-refractivity contribution in [3.63, 3.8) is 0 Å². The van der Waals surface area contributed by atoms with Gasteiger partial charge in [0.2, 0.25) is 0 Å². The number of nitrogens with one attached hydrogen (secondary N) is 2. The van der Waals surface area contributed by atoms with Crippen LogP contribution in [-0.4, -0.2) is 45.6 Å². The zero-order chi connectivity index (χ0) is 21.8. The Morgan fingerprint density at radius 3 is 2.48 bits per heavy atom. The van der Waals surface area contributed by atoms with Crippen LogP contribution in [-0.2, 0) is 0 Å². The molecule has 0 bridgehead atoms. The number of hydrogen-bond donors (Lipinski definition) is 2. The fourth-order valence-electron chi connectivity index (χ4n) is 3.62. The Kier molecular flexibility index (Phi) is 6.13. The molecule has 31 heavy (non-hydrogen) atoms. The van der Waals surface area contributed by atoms with Crippen molar-refractivity contribution in [2.24, 2.45) is 0 Å². The molecule has 0 spiro atoms. The van der Waals surface area contributed by atoms with E-state index in [-0.39, 0.29) is 28.6 Å². The molecule has 4 rings (SSSR count). The van der Waals surface area contributed by atoms with Crippen LogP contribution >= 0.6 is 11.6 Å². The Morgan fingerprint density at radius 1 is 1.00 bits per heavy atom. The lowest BCUT2D eigenvalue weighted by molar-refractivity contribution is 0.0714. The Hall–Kier alpha value is -3.45. The molecule has 2 aromatic carbocycles. The van der Waals surface area contributed by atoms with Crippen LogP contribution in [0.15, 0.2) is 54.9 Å². The van der Waals surface area contributed by atoms with Gasteiger partial charge in [-0.15, -0.1) is 0 Å². The van der Waals surface area contributed by atoms with Crippen LogP contribution in [0.4, 0.5) is 5.69 Å². The number of nitrogens with zero attached hydrogens (tertiary/aromatic N) is 2. The molecular formula is C23H21ClN4O3. The summed E-state index contributed by atoms with van der Waals surface area (Å²) in [4.78, 5) is 47.4. The number of hydrogen-bond acceptors (Lipinski definition) is 4. The summed E-state index contributed by atoms with van der Waals surface area (Å²) in [6, 6.07) is 13.4. The van der Waals surface area contributed by atoms with Crippen molar-refractivity contribution in [3.8, 4) is 0 Å². The molecule has 2 N–H and O–H groups in total. The molecule has 3 aromatic rings. The molecule has 0 aliphatic carbocycles. The minimum atomic E-state index is -0.578. The number of imidazole rings is 1. The summed E-state index contributed by atoms with van der Waals surface area (Å²) in [5.74, 6) is -1.10. The van der Waals surface area contributed by atoms with Crippen molar-refractivity contribution in [2.75, 3.05) is 18.4 Å². The number of ketones is 1. The van der Waals surface area contributed by atoms with Gasteiger partial charge in [-0.25, -0.2) is 4.98 Å². The lowest BCUT2D eigenvalue weighted by Crippen LogP contribution is -2.36. The van der Waals surface area contributed by atoms with Crippen molar-refractivity contribution in [1.29, 1.82) is 0 Å². The summed E-state index contributed by atoms with van der Waals surface area (Å²) in [7, 11) is 0. The summed E-state index contributed by atoms with van der Waals surface area (Å²) in [5, 5.41) is 3.09. The van der Waals surface area contributed by atoms with Crippen LogP contribution in [0.1, 0.15) is 56.2 Å². The number of H-pyrrole nitrogens is 1. The average Bonchev–Trinajstić information content (AvgIpc) is 3.30. The number of carbonyl (C=O) groups excluding carboxylic acids is 3. The zero-order valence-electron chi connectivity index (χ0n) is 16.7. The molecule has 2 heterocycles. The monoisotopic (exact) mass is 436 g/mol. The van der Waals surface area contributed by atoms with Crippen LogP contribution in [0.2, 0.25) is 5.02 Å². The first kappa shape index (κ1) is 20.8. The third-order valence-corrected chi connectivity index (χ3v) is 5.46. The standard InChI is InChI=1S/C23H21ClN4O3/c24-16-9-10-18(17(13-16)21(29)15-7-3-1-4-8-15)27-22(30)19-20(26-14-25-19)23(31)28-11-5-2-6-12-28/h1,3-4,7-10,13-14H,2,5-6,11-12H2,(H,25,26)(H,27,30). The molecule has 8 heteroatoms. The smallest absolute Gasteiger partial charge is 0.276 e. The van der Waals surface area contributed by atoms with E-state index in [0.29, 0.717) is 29.4 Å². The maximum atomic E-state index is 13.0. The van der Waals surface area contributed by atoms with Crippen molar-refractivity contribution >= 4 is 34.9 Å². The Balaban J connectivity index is 1.60. The third kappa shape index (κ3) is 4.51. The van der Waals surface area contributed by atoms with Crippen LogP contribution in [0.25, 0.3) is 0 Å². The number of aromatic amines is 1. The quantitative estimate of drug-likeness (QED) is 0.587. The van der Waals surface area contributed by atoms with E-state index in [1.165, 1.54) is 12.4 Å². The molecule has 0 saturated carbocycles. The number of carbonyl (C=O) groups is 3. The van der Waals surface area contributed by atoms with E-state index in [1.807, 2.05) is 6.07 Å². The van der Waals surface area contributed by atoms with Gasteiger partial charge in [0.05, 0.1) is 12.0 Å². The van der Waals surface area contributed by atoms with Crippen molar-refractivity contribution in [1.82, 2.24) is 14.9 Å². The molecule has 0 radical (unpaired) electrons. The van der Waals surface area contributed by atoms with Crippen molar-refractivity contribution < 1.29 is 14.4 Å². The summed E-state index contributed by atoms with van der Waals surface area (Å²) in [6.07, 6.45) is 4.30. The Morgan fingerprint density at radius 2 is 1.74 bits per heavy atom. The second-order valence-electron chi connectivity index (χ2n) is 7.32. The number of aromatic nitrogens is 2. The molecule has 158 valence electrons. The first-order valence-corrected chi connectivity index (χ1v) is 10.5. The highest BCUT2D eigenvalue weighted by Gasteiger charge is 2.26. The van der Waals surface area contributed by atoms with Gasteiger partial charge in [0.25, 0.3) is 11.8 Å². The highest BCUT2D eigenvalue weighted by atomic mass is 35.5. The fraction of sp³-hybridized carbons (Fsp3) is 0.217. The molecule has 0 atom stereocenters. The topological polar surface area (TPSA) is 95.2 Å². The van der Waals surface area contributed by atoms with E-state index in [2.05, 4.69) is 15.3 Å². The molecule has 0 unspecified atom stereocenters. The molecule has 7 nitrogen and oxygen atoms in total. The van der Waals surface area contributed by atoms with Gasteiger partial charge in [-0.05, 0) is 37.5 Å². The third-order valence-electron chi connectivity index (χ3n) is 5.22. The molecule has 1 aliphatic heterocycles. The van der Waals surface area contributed by atoms with E-state index >= 15 is 0 Å². The lowest BCUT2D eigenvalue weighted by Gasteiger charge is -2.26. The SMILES string of the molecule is O=C(c1ccccc1)c1cc(Cl)ccc1NC(=O)c1nc[nH]c1C(=O)N1CCCCC1. The number of anilines is 1. The molecule has 2 amide bonds. The van der Waals surface area contributed by atoms with E-state index in [9.17, 15) is 14.4 Å². The normalized spacial score (nSPS) is 13.6. The number of likely N-dealkylation sites (tertiary alicyclic amines) is 1. The van der Waals surface area contributed by atoms with Crippen LogP contribution in [0.5, 0.6) is 0 Å². The van der Waals surface area contributed by atoms with E-state index in [0.717, 1.165) is 19.3 Å². The van der Waals surface area contributed by atoms with Crippen molar-refractivity contribution in [3.05, 3.63) is 82.4 Å². The average molecular weight is 437 g/mol. The fourth-order valence-corrected chi connectivity index (χ4v) is 3.80. The first-order valence-electron chi connectivity index (χ1n) is 10.1. The van der Waals surface area contributed by atoms with Gasteiger partial charge >= 0.3 is 0 Å². The number of halogens is 1. The van der Waals surface area contributed by atoms with E-state index in [4.69, 9.17) is 11.6 Å². The summed E-state index contributed by atoms with van der Waals surface area (Å²) < 4.78 is 0. The minimum Gasteiger partial charge on any atom is -0.340 e. The largest absolute Gasteiger partial charge is 0.340 e. The number of amides is 2. The van der Waals surface area contributed by atoms with Crippen LogP contribution in [0, 0.1) is 0 Å². The first-order chi connectivity index (χ1) is 15.0. The van der Waals surface area contributed by atoms with Gasteiger partial charge in [-0.3, -0.25) is 14.4 Å². The maximum absolute atomic E-state index is 13.0. The van der Waals surface area contributed by atoms with Gasteiger partial charge < -0.3 is 15.2 Å². The summed E-state index contributed by atoms with van der Waals surface area (Å²) in [5.41, 5.74) is 1.16. The number of benzene rings is 2. The van der Waals surface area contributed by atoms with Gasteiger partial charge in [0.1, 0.15) is 5.69 Å². The number of rotatable bonds is 5. The highest BCUT2D eigenvalue weighted by Crippen LogP contribution is 2.25. The molecule has 1 saturated heterocycles. The summed E-state index contributed by atoms with van der Waals surface area (Å²) >= 11 is 6.10. The Bertz CT molecular complexity index is 1120. The van der Waals surface area contributed by atoms with Gasteiger partial charge in [-0.1, -0.05) is 41.9 Å². The predicted molar refractivity (Wildman–Crippen MR) is 118 cm³/mol. The highest BCUT2D eigenvalue weighted by molar-refractivity contribution is 6.31. The lowest BCUT2D eigenvalue weighted by atomic mass is 10.0. The minimum absolute atomic E-state index is 0.0105. The van der Waals surface area contributed by atoms with Gasteiger partial charge in [0.15, 0.2) is 11.5 Å². The second kappa shape index (κ2) is 9.14. The maximum Gasteiger partial charge on any atom is 0.276 e.